The van der Waals surface area contributed by atoms with E-state index >= 15 is 0 Å². The molecule has 3 rings (SSSR count). The lowest BCUT2D eigenvalue weighted by atomic mass is 10.0. The number of benzene rings is 1. The minimum Gasteiger partial charge on any atom is -0.490 e. The molecule has 0 fully saturated rings. The number of anilines is 1. The second-order valence-corrected chi connectivity index (χ2v) is 13.9. The Morgan fingerprint density at radius 1 is 1.23 bits per heavy atom. The maximum Gasteiger partial charge on any atom is 0.319 e. The van der Waals surface area contributed by atoms with Crippen LogP contribution in [0, 0.1) is 5.92 Å². The Kier molecular flexibility index (Phi) is 12.6. The van der Waals surface area contributed by atoms with Gasteiger partial charge in [0.1, 0.15) is 5.75 Å². The zero-order valence-corrected chi connectivity index (χ0v) is 27.6. The van der Waals surface area contributed by atoms with Crippen LogP contribution in [-0.2, 0) is 21.8 Å². The third-order valence-corrected chi connectivity index (χ3v) is 9.23. The van der Waals surface area contributed by atoms with E-state index < -0.39 is 34.1 Å². The van der Waals surface area contributed by atoms with Crippen LogP contribution < -0.4 is 15.4 Å². The number of hydrogen-bond donors (Lipinski definition) is 3. The lowest BCUT2D eigenvalue weighted by molar-refractivity contribution is -0.00835. The van der Waals surface area contributed by atoms with Crippen molar-refractivity contribution in [1.82, 2.24) is 24.1 Å². The Morgan fingerprint density at radius 2 is 1.95 bits per heavy atom. The van der Waals surface area contributed by atoms with Crippen LogP contribution in [0.1, 0.15) is 64.2 Å². The van der Waals surface area contributed by atoms with E-state index in [1.807, 2.05) is 27.7 Å². The van der Waals surface area contributed by atoms with Gasteiger partial charge in [-0.15, -0.1) is 0 Å². The summed E-state index contributed by atoms with van der Waals surface area (Å²) in [6, 6.07) is 3.90. The number of carbonyl (C=O) groups excluding carboxylic acids is 2. The van der Waals surface area contributed by atoms with E-state index in [9.17, 15) is 23.1 Å². The van der Waals surface area contributed by atoms with Crippen LogP contribution in [-0.4, -0.2) is 102 Å². The number of amides is 3. The van der Waals surface area contributed by atoms with Crippen molar-refractivity contribution in [3.05, 3.63) is 36.3 Å². The van der Waals surface area contributed by atoms with E-state index in [2.05, 4.69) is 15.6 Å². The number of aromatic nitrogens is 2. The topological polar surface area (TPSA) is 155 Å². The fourth-order valence-corrected chi connectivity index (χ4v) is 6.07. The zero-order valence-electron chi connectivity index (χ0n) is 26.8. The van der Waals surface area contributed by atoms with Crippen LogP contribution in [0.3, 0.4) is 0 Å². The molecule has 0 saturated heterocycles. The van der Waals surface area contributed by atoms with Crippen molar-refractivity contribution in [2.75, 3.05) is 38.7 Å². The van der Waals surface area contributed by atoms with E-state index in [4.69, 9.17) is 9.47 Å². The number of fused-ring (bicyclic) bond motifs is 1. The molecule has 14 heteroatoms. The quantitative estimate of drug-likeness (QED) is 0.399. The molecule has 0 bridgehead atoms. The highest BCUT2D eigenvalue weighted by atomic mass is 32.2. The summed E-state index contributed by atoms with van der Waals surface area (Å²) in [5.41, 5.74) is 0.663. The molecule has 1 aliphatic rings. The molecule has 0 saturated carbocycles. The lowest BCUT2D eigenvalue weighted by Gasteiger charge is -2.35. The molecule has 1 aromatic carbocycles. The highest BCUT2D eigenvalue weighted by Crippen LogP contribution is 2.29. The van der Waals surface area contributed by atoms with Crippen molar-refractivity contribution in [2.24, 2.45) is 13.0 Å². The number of aryl methyl sites for hydroxylation is 1. The predicted octanol–water partition coefficient (Wildman–Crippen LogP) is 3.07. The maximum absolute atomic E-state index is 14.2. The monoisotopic (exact) mass is 636 g/mol. The summed E-state index contributed by atoms with van der Waals surface area (Å²) in [5, 5.41) is 15.6. The van der Waals surface area contributed by atoms with Crippen LogP contribution in [0.4, 0.5) is 10.5 Å². The third kappa shape index (κ3) is 9.40. The first kappa shape index (κ1) is 35.3. The van der Waals surface area contributed by atoms with Gasteiger partial charge in [0.25, 0.3) is 15.9 Å². The zero-order chi connectivity index (χ0) is 32.6. The molecule has 246 valence electrons. The summed E-state index contributed by atoms with van der Waals surface area (Å²) in [5.74, 6) is -0.330. The number of nitrogens with one attached hydrogen (secondary N) is 2. The van der Waals surface area contributed by atoms with Gasteiger partial charge in [-0.2, -0.15) is 4.31 Å². The number of hydrogen-bond acceptors (Lipinski definition) is 8. The van der Waals surface area contributed by atoms with Gasteiger partial charge in [-0.25, -0.2) is 18.2 Å². The molecular weight excluding hydrogens is 588 g/mol. The Hall–Kier alpha value is -3.20. The first-order valence-electron chi connectivity index (χ1n) is 15.1. The fraction of sp³-hybridized carbons (Fsp3) is 0.633. The summed E-state index contributed by atoms with van der Waals surface area (Å²) >= 11 is 0. The first-order valence-corrected chi connectivity index (χ1v) is 16.5. The smallest absolute Gasteiger partial charge is 0.319 e. The predicted molar refractivity (Wildman–Crippen MR) is 167 cm³/mol. The van der Waals surface area contributed by atoms with Gasteiger partial charge in [0.05, 0.1) is 36.7 Å². The lowest BCUT2D eigenvalue weighted by Crippen LogP contribution is -2.48. The number of aliphatic hydroxyl groups excluding tert-OH is 1. The van der Waals surface area contributed by atoms with Gasteiger partial charge in [-0.3, -0.25) is 4.79 Å². The van der Waals surface area contributed by atoms with E-state index in [0.717, 1.165) is 12.8 Å². The number of likely N-dealkylation sites (N-methyl/N-ethyl adjacent to an activating group) is 1. The van der Waals surface area contributed by atoms with Gasteiger partial charge in [0.2, 0.25) is 0 Å². The van der Waals surface area contributed by atoms with E-state index in [1.54, 1.807) is 41.6 Å². The van der Waals surface area contributed by atoms with Crippen molar-refractivity contribution in [3.63, 3.8) is 0 Å². The fourth-order valence-electron chi connectivity index (χ4n) is 4.93. The van der Waals surface area contributed by atoms with Crippen molar-refractivity contribution in [2.45, 2.75) is 83.2 Å². The largest absolute Gasteiger partial charge is 0.490 e. The van der Waals surface area contributed by atoms with Crippen LogP contribution >= 0.6 is 0 Å². The average Bonchev–Trinajstić information content (AvgIpc) is 3.41. The van der Waals surface area contributed by atoms with Crippen LogP contribution in [0.15, 0.2) is 35.7 Å². The number of urea groups is 1. The van der Waals surface area contributed by atoms with Crippen molar-refractivity contribution < 1.29 is 32.6 Å². The van der Waals surface area contributed by atoms with Gasteiger partial charge in [-0.1, -0.05) is 6.92 Å². The highest BCUT2D eigenvalue weighted by molar-refractivity contribution is 7.89. The normalized spacial score (nSPS) is 21.4. The summed E-state index contributed by atoms with van der Waals surface area (Å²) in [6.45, 7) is 9.59. The minimum atomic E-state index is -3.87. The number of carbonyl (C=O) groups is 2. The van der Waals surface area contributed by atoms with Crippen molar-refractivity contribution in [3.8, 4) is 5.75 Å². The van der Waals surface area contributed by atoms with E-state index in [1.165, 1.54) is 23.9 Å². The average molecular weight is 637 g/mol. The molecule has 0 unspecified atom stereocenters. The van der Waals surface area contributed by atoms with E-state index in [0.29, 0.717) is 24.5 Å². The summed E-state index contributed by atoms with van der Waals surface area (Å²) in [6.07, 6.45) is 4.37. The third-order valence-electron chi connectivity index (χ3n) is 7.52. The van der Waals surface area contributed by atoms with Crippen LogP contribution in [0.2, 0.25) is 0 Å². The number of rotatable bonds is 8. The number of aliphatic hydroxyl groups is 1. The van der Waals surface area contributed by atoms with Crippen LogP contribution in [0.25, 0.3) is 0 Å². The molecule has 2 aromatic rings. The number of ether oxygens (including phenoxy) is 2. The second-order valence-electron chi connectivity index (χ2n) is 11.9. The number of sulfonamides is 1. The maximum atomic E-state index is 14.2. The summed E-state index contributed by atoms with van der Waals surface area (Å²) < 4.78 is 41.8. The Bertz CT molecular complexity index is 1370. The number of nitrogens with zero attached hydrogens (tertiary/aromatic N) is 4. The molecular formula is C30H48N6O7S. The van der Waals surface area contributed by atoms with Crippen LogP contribution in [0.5, 0.6) is 5.75 Å². The van der Waals surface area contributed by atoms with Gasteiger partial charge in [0, 0.05) is 57.6 Å². The van der Waals surface area contributed by atoms with Gasteiger partial charge >= 0.3 is 6.03 Å². The Labute approximate surface area is 261 Å². The Morgan fingerprint density at radius 3 is 2.59 bits per heavy atom. The highest BCUT2D eigenvalue weighted by Gasteiger charge is 2.33. The standard InChI is InChI=1S/C30H48N6O7S/c1-20(2)32-30(39)33-24-11-12-26-25(14-24)29(38)36(22(4)18-37)15-21(3)27(42-13-9-8-10-23(5)43-26)16-35(7)44(40,41)28-17-34(6)19-31-28/h11-12,14,17,19-23,27,37H,8-10,13,15-16,18H2,1-7H3,(H2,32,33,39)/t21-,22-,23+,27+/m0/s1. The molecule has 1 aromatic heterocycles. The molecule has 2 heterocycles. The first-order chi connectivity index (χ1) is 20.7. The minimum absolute atomic E-state index is 0.0464. The SMILES string of the molecule is CC(C)NC(=O)Nc1ccc2c(c1)C(=O)N([C@@H](C)CO)C[C@H](C)[C@@H](CN(C)S(=O)(=O)c1cn(C)cn1)OCCCC[C@@H](C)O2. The molecule has 0 radical (unpaired) electrons. The van der Waals surface area contributed by atoms with E-state index in [-0.39, 0.29) is 48.3 Å². The number of imidazole rings is 1. The molecule has 13 nitrogen and oxygen atoms in total. The van der Waals surface area contributed by atoms with Gasteiger partial charge < -0.3 is 34.7 Å². The molecule has 1 aliphatic heterocycles. The molecule has 0 aliphatic carbocycles. The molecule has 44 heavy (non-hydrogen) atoms. The molecule has 0 spiro atoms. The summed E-state index contributed by atoms with van der Waals surface area (Å²) in [4.78, 5) is 32.2. The molecule has 3 N–H and O–H groups in total. The Balaban J connectivity index is 1.96. The summed E-state index contributed by atoms with van der Waals surface area (Å²) in [7, 11) is -0.682. The molecule has 3 amide bonds. The van der Waals surface area contributed by atoms with Crippen molar-refractivity contribution in [1.29, 1.82) is 0 Å². The second kappa shape index (κ2) is 15.7. The van der Waals surface area contributed by atoms with Gasteiger partial charge in [0.15, 0.2) is 5.03 Å². The van der Waals surface area contributed by atoms with Crippen molar-refractivity contribution >= 4 is 27.6 Å². The molecule has 4 atom stereocenters. The van der Waals surface area contributed by atoms with Gasteiger partial charge in [-0.05, 0) is 65.2 Å².